The van der Waals surface area contributed by atoms with Crippen LogP contribution in [0, 0.1) is 5.92 Å². The first-order chi connectivity index (χ1) is 9.62. The van der Waals surface area contributed by atoms with E-state index in [2.05, 4.69) is 0 Å². The third-order valence-electron chi connectivity index (χ3n) is 3.46. The Balaban J connectivity index is 0.00000441. The van der Waals surface area contributed by atoms with Crippen LogP contribution in [-0.2, 0) is 6.18 Å². The van der Waals surface area contributed by atoms with Gasteiger partial charge in [0.15, 0.2) is 0 Å². The number of amides is 1. The van der Waals surface area contributed by atoms with Crippen LogP contribution in [0.5, 0.6) is 0 Å². The van der Waals surface area contributed by atoms with Gasteiger partial charge in [0.1, 0.15) is 0 Å². The van der Waals surface area contributed by atoms with Crippen molar-refractivity contribution in [1.29, 1.82) is 0 Å². The molecule has 0 bridgehead atoms. The van der Waals surface area contributed by atoms with Crippen molar-refractivity contribution in [3.05, 3.63) is 35.4 Å². The number of nitrogens with zero attached hydrogens (tertiary/aromatic N) is 1. The lowest BCUT2D eigenvalue weighted by molar-refractivity contribution is -0.137. The molecule has 0 spiro atoms. The molecule has 1 atom stereocenters. The number of hydrogen-bond donors (Lipinski definition) is 1. The second kappa shape index (κ2) is 8.39. The lowest BCUT2D eigenvalue weighted by atomic mass is 10.0. The van der Waals surface area contributed by atoms with Gasteiger partial charge < -0.3 is 10.6 Å². The topological polar surface area (TPSA) is 46.3 Å². The van der Waals surface area contributed by atoms with E-state index in [9.17, 15) is 18.0 Å². The van der Waals surface area contributed by atoms with Gasteiger partial charge in [0.25, 0.3) is 5.91 Å². The van der Waals surface area contributed by atoms with E-state index >= 15 is 0 Å². The summed E-state index contributed by atoms with van der Waals surface area (Å²) < 4.78 is 37.4. The lowest BCUT2D eigenvalue weighted by Gasteiger charge is -2.21. The molecule has 0 aliphatic heterocycles. The molecule has 0 aliphatic carbocycles. The molecule has 0 radical (unpaired) electrons. The van der Waals surface area contributed by atoms with Gasteiger partial charge in [-0.05, 0) is 36.6 Å². The summed E-state index contributed by atoms with van der Waals surface area (Å²) >= 11 is 0. The van der Waals surface area contributed by atoms with E-state index in [1.807, 2.05) is 13.8 Å². The van der Waals surface area contributed by atoms with Gasteiger partial charge in [-0.25, -0.2) is 0 Å². The van der Waals surface area contributed by atoms with Crippen molar-refractivity contribution in [2.75, 3.05) is 13.6 Å². The van der Waals surface area contributed by atoms with Gasteiger partial charge in [-0.15, -0.1) is 12.4 Å². The molecule has 1 rings (SSSR count). The van der Waals surface area contributed by atoms with Gasteiger partial charge in [0.05, 0.1) is 5.56 Å². The fourth-order valence-electron chi connectivity index (χ4n) is 1.80. The highest BCUT2D eigenvalue weighted by molar-refractivity contribution is 5.94. The Morgan fingerprint density at radius 2 is 1.73 bits per heavy atom. The second-order valence-electron chi connectivity index (χ2n) is 5.50. The van der Waals surface area contributed by atoms with E-state index in [0.29, 0.717) is 18.9 Å². The number of hydrogen-bond acceptors (Lipinski definition) is 2. The molecule has 0 saturated carbocycles. The second-order valence-corrected chi connectivity index (χ2v) is 5.50. The van der Waals surface area contributed by atoms with Crippen molar-refractivity contribution >= 4 is 18.3 Å². The van der Waals surface area contributed by atoms with Crippen LogP contribution in [0.3, 0.4) is 0 Å². The van der Waals surface area contributed by atoms with Crippen LogP contribution < -0.4 is 5.73 Å². The number of halogens is 4. The number of rotatable bonds is 5. The van der Waals surface area contributed by atoms with E-state index in [0.717, 1.165) is 12.1 Å². The molecule has 1 aromatic carbocycles. The lowest BCUT2D eigenvalue weighted by Crippen LogP contribution is -2.34. The molecular formula is C15H22ClF3N2O. The number of carbonyl (C=O) groups excluding carboxylic acids is 1. The average molecular weight is 339 g/mol. The zero-order valence-electron chi connectivity index (χ0n) is 12.9. The Morgan fingerprint density at radius 3 is 2.14 bits per heavy atom. The maximum Gasteiger partial charge on any atom is 0.416 e. The fourth-order valence-corrected chi connectivity index (χ4v) is 1.80. The van der Waals surface area contributed by atoms with Gasteiger partial charge in [0, 0.05) is 25.2 Å². The molecule has 1 amide bonds. The first-order valence-corrected chi connectivity index (χ1v) is 6.81. The average Bonchev–Trinajstić information content (AvgIpc) is 2.42. The molecule has 2 N–H and O–H groups in total. The van der Waals surface area contributed by atoms with E-state index < -0.39 is 11.7 Å². The molecule has 0 fully saturated rings. The van der Waals surface area contributed by atoms with Crippen molar-refractivity contribution in [2.24, 2.45) is 11.7 Å². The number of carbonyl (C=O) groups is 1. The molecule has 1 unspecified atom stereocenters. The smallest absolute Gasteiger partial charge is 0.342 e. The van der Waals surface area contributed by atoms with Crippen LogP contribution in [0.4, 0.5) is 13.2 Å². The van der Waals surface area contributed by atoms with Crippen molar-refractivity contribution in [1.82, 2.24) is 4.90 Å². The summed E-state index contributed by atoms with van der Waals surface area (Å²) in [6.07, 6.45) is -3.74. The third-order valence-corrected chi connectivity index (χ3v) is 3.46. The molecule has 7 heteroatoms. The summed E-state index contributed by atoms with van der Waals surface area (Å²) in [5, 5.41) is 0. The Hall–Kier alpha value is -1.27. The minimum absolute atomic E-state index is 0. The van der Waals surface area contributed by atoms with Crippen LogP contribution in [-0.4, -0.2) is 30.4 Å². The highest BCUT2D eigenvalue weighted by Crippen LogP contribution is 2.29. The van der Waals surface area contributed by atoms with Crippen LogP contribution in [0.2, 0.25) is 0 Å². The maximum atomic E-state index is 12.5. The monoisotopic (exact) mass is 338 g/mol. The van der Waals surface area contributed by atoms with Crippen LogP contribution in [0.15, 0.2) is 24.3 Å². The summed E-state index contributed by atoms with van der Waals surface area (Å²) in [5.41, 5.74) is 5.39. The minimum Gasteiger partial charge on any atom is -0.342 e. The molecule has 3 nitrogen and oxygen atoms in total. The highest BCUT2D eigenvalue weighted by atomic mass is 35.5. The van der Waals surface area contributed by atoms with E-state index in [-0.39, 0.29) is 29.9 Å². The van der Waals surface area contributed by atoms with Gasteiger partial charge in [0.2, 0.25) is 0 Å². The van der Waals surface area contributed by atoms with Crippen LogP contribution in [0.1, 0.15) is 36.2 Å². The normalized spacial score (nSPS) is 12.7. The summed E-state index contributed by atoms with van der Waals surface area (Å²) in [4.78, 5) is 13.6. The summed E-state index contributed by atoms with van der Waals surface area (Å²) in [7, 11) is 1.62. The quantitative estimate of drug-likeness (QED) is 0.892. The Labute approximate surface area is 135 Å². The third kappa shape index (κ3) is 5.85. The van der Waals surface area contributed by atoms with Crippen molar-refractivity contribution in [3.63, 3.8) is 0 Å². The zero-order valence-corrected chi connectivity index (χ0v) is 13.7. The molecule has 0 heterocycles. The molecule has 0 saturated heterocycles. The Bertz CT molecular complexity index is 475. The molecule has 126 valence electrons. The molecule has 22 heavy (non-hydrogen) atoms. The summed E-state index contributed by atoms with van der Waals surface area (Å²) in [5.74, 6) is 0.0132. The molecule has 1 aromatic rings. The number of benzene rings is 1. The Morgan fingerprint density at radius 1 is 1.23 bits per heavy atom. The van der Waals surface area contributed by atoms with E-state index in [4.69, 9.17) is 5.73 Å². The van der Waals surface area contributed by atoms with Crippen molar-refractivity contribution < 1.29 is 18.0 Å². The first kappa shape index (κ1) is 20.7. The molecular weight excluding hydrogens is 317 g/mol. The largest absolute Gasteiger partial charge is 0.416 e. The molecule has 0 aromatic heterocycles. The first-order valence-electron chi connectivity index (χ1n) is 6.81. The van der Waals surface area contributed by atoms with Gasteiger partial charge in [-0.3, -0.25) is 4.79 Å². The number of alkyl halides is 3. The predicted octanol–water partition coefficient (Wildman–Crippen LogP) is 3.57. The van der Waals surface area contributed by atoms with Gasteiger partial charge >= 0.3 is 6.18 Å². The van der Waals surface area contributed by atoms with E-state index in [1.165, 1.54) is 17.0 Å². The number of nitrogens with two attached hydrogens (primary N) is 1. The zero-order chi connectivity index (χ0) is 16.2. The SMILES string of the molecule is CC(C)C(N)CCN(C)C(=O)c1ccc(C(F)(F)F)cc1.Cl. The van der Waals surface area contributed by atoms with Crippen LogP contribution in [0.25, 0.3) is 0 Å². The maximum absolute atomic E-state index is 12.5. The van der Waals surface area contributed by atoms with E-state index in [1.54, 1.807) is 7.05 Å². The van der Waals surface area contributed by atoms with Gasteiger partial charge in [-0.1, -0.05) is 13.8 Å². The Kier molecular flexibility index (Phi) is 7.90. The summed E-state index contributed by atoms with van der Waals surface area (Å²) in [6, 6.07) is 4.23. The van der Waals surface area contributed by atoms with Gasteiger partial charge in [-0.2, -0.15) is 13.2 Å². The molecule has 0 aliphatic rings. The van der Waals surface area contributed by atoms with Crippen molar-refractivity contribution in [3.8, 4) is 0 Å². The predicted molar refractivity (Wildman–Crippen MR) is 83.1 cm³/mol. The van der Waals surface area contributed by atoms with Crippen molar-refractivity contribution in [2.45, 2.75) is 32.5 Å². The minimum atomic E-state index is -4.39. The highest BCUT2D eigenvalue weighted by Gasteiger charge is 2.30. The standard InChI is InChI=1S/C15H21F3N2O.ClH/c1-10(2)13(19)8-9-20(3)14(21)11-4-6-12(7-5-11)15(16,17)18;/h4-7,10,13H,8-9,19H2,1-3H3;1H. The van der Waals surface area contributed by atoms with Crippen LogP contribution >= 0.6 is 12.4 Å². The fraction of sp³-hybridized carbons (Fsp3) is 0.533. The summed E-state index contributed by atoms with van der Waals surface area (Å²) in [6.45, 7) is 4.48.